The number of aromatic nitrogens is 1. The maximum Gasteiger partial charge on any atom is 0.416 e. The maximum atomic E-state index is 12.8. The number of carbonyl (C=O) groups excluding carboxylic acids is 2. The van der Waals surface area contributed by atoms with Gasteiger partial charge in [-0.05, 0) is 25.1 Å². The van der Waals surface area contributed by atoms with E-state index in [1.807, 2.05) is 0 Å². The highest BCUT2D eigenvalue weighted by molar-refractivity contribution is 7.14. The summed E-state index contributed by atoms with van der Waals surface area (Å²) in [7, 11) is 0. The fourth-order valence-corrected chi connectivity index (χ4v) is 2.99. The average Bonchev–Trinajstić information content (AvgIpc) is 3.33. The van der Waals surface area contributed by atoms with Crippen molar-refractivity contribution in [1.82, 2.24) is 10.3 Å². The van der Waals surface area contributed by atoms with Crippen molar-refractivity contribution in [1.29, 1.82) is 0 Å². The number of hydrogen-bond donors (Lipinski definition) is 2. The van der Waals surface area contributed by atoms with Crippen LogP contribution in [0.15, 0.2) is 52.7 Å². The molecule has 0 radical (unpaired) electrons. The molecule has 2 N–H and O–H groups in total. The topological polar surface area (TPSA) is 84.2 Å². The summed E-state index contributed by atoms with van der Waals surface area (Å²) in [5.41, 5.74) is 0.0919. The van der Waals surface area contributed by atoms with Crippen molar-refractivity contribution < 1.29 is 27.2 Å². The molecule has 0 spiro atoms. The van der Waals surface area contributed by atoms with Gasteiger partial charge in [0.05, 0.1) is 23.1 Å². The maximum absolute atomic E-state index is 12.8. The normalized spacial score (nSPS) is 12.4. The highest BCUT2D eigenvalue weighted by atomic mass is 32.1. The van der Waals surface area contributed by atoms with E-state index in [1.165, 1.54) is 37.6 Å². The molecule has 0 aliphatic carbocycles. The Kier molecular flexibility index (Phi) is 5.50. The Morgan fingerprint density at radius 3 is 2.71 bits per heavy atom. The zero-order chi connectivity index (χ0) is 20.3. The third kappa shape index (κ3) is 4.58. The quantitative estimate of drug-likeness (QED) is 0.662. The molecule has 0 aliphatic heterocycles. The van der Waals surface area contributed by atoms with Crippen molar-refractivity contribution in [3.05, 3.63) is 59.4 Å². The minimum Gasteiger partial charge on any atom is -0.472 e. The number of benzene rings is 1. The molecule has 2 aromatic heterocycles. The second-order valence-corrected chi connectivity index (χ2v) is 6.67. The summed E-state index contributed by atoms with van der Waals surface area (Å²) >= 11 is 1.07. The minimum absolute atomic E-state index is 0.210. The first kappa shape index (κ1) is 19.6. The molecule has 1 unspecified atom stereocenters. The van der Waals surface area contributed by atoms with Gasteiger partial charge in [-0.25, -0.2) is 4.98 Å². The molecule has 28 heavy (non-hydrogen) atoms. The fourth-order valence-electron chi connectivity index (χ4n) is 2.27. The van der Waals surface area contributed by atoms with Crippen LogP contribution in [-0.2, 0) is 11.0 Å². The Balaban J connectivity index is 1.66. The van der Waals surface area contributed by atoms with Gasteiger partial charge in [0, 0.05) is 10.9 Å². The number of nitrogens with one attached hydrogen (secondary N) is 2. The van der Waals surface area contributed by atoms with Crippen LogP contribution in [0.4, 0.5) is 18.3 Å². The van der Waals surface area contributed by atoms with Gasteiger partial charge in [-0.15, -0.1) is 11.3 Å². The number of rotatable bonds is 5. The monoisotopic (exact) mass is 409 g/mol. The average molecular weight is 409 g/mol. The zero-order valence-corrected chi connectivity index (χ0v) is 15.2. The Bertz CT molecular complexity index is 983. The summed E-state index contributed by atoms with van der Waals surface area (Å²) in [6.07, 6.45) is -1.86. The molecule has 1 atom stereocenters. The lowest BCUT2D eigenvalue weighted by atomic mass is 10.1. The number of alkyl halides is 3. The molecule has 2 heterocycles. The highest BCUT2D eigenvalue weighted by Gasteiger charge is 2.30. The molecular formula is C18H14F3N3O3S. The summed E-state index contributed by atoms with van der Waals surface area (Å²) in [6.45, 7) is 1.49. The number of thiazole rings is 1. The summed E-state index contributed by atoms with van der Waals surface area (Å²) in [5.74, 6) is -0.984. The molecule has 0 aliphatic rings. The standard InChI is InChI=1S/C18H14F3N3O3S/c1-10(22-16(26)12-5-6-27-8-12)15(25)24-17-23-14(9-28-17)11-3-2-4-13(7-11)18(19,20)21/h2-10H,1H3,(H,22,26)(H,23,24,25). The van der Waals surface area contributed by atoms with Crippen molar-refractivity contribution in [3.8, 4) is 11.3 Å². The van der Waals surface area contributed by atoms with Crippen LogP contribution in [0.1, 0.15) is 22.8 Å². The van der Waals surface area contributed by atoms with Crippen LogP contribution in [0.3, 0.4) is 0 Å². The van der Waals surface area contributed by atoms with Gasteiger partial charge < -0.3 is 15.1 Å². The van der Waals surface area contributed by atoms with Gasteiger partial charge in [-0.3, -0.25) is 9.59 Å². The second-order valence-electron chi connectivity index (χ2n) is 5.81. The number of amides is 2. The van der Waals surface area contributed by atoms with Gasteiger partial charge in [-0.2, -0.15) is 13.2 Å². The van der Waals surface area contributed by atoms with Crippen LogP contribution < -0.4 is 10.6 Å². The fraction of sp³-hybridized carbons (Fsp3) is 0.167. The van der Waals surface area contributed by atoms with Gasteiger partial charge in [0.2, 0.25) is 5.91 Å². The molecule has 2 amide bonds. The van der Waals surface area contributed by atoms with Crippen LogP contribution in [0.25, 0.3) is 11.3 Å². The van der Waals surface area contributed by atoms with E-state index < -0.39 is 29.6 Å². The van der Waals surface area contributed by atoms with Crippen molar-refractivity contribution >= 4 is 28.3 Å². The predicted octanol–water partition coefficient (Wildman–Crippen LogP) is 4.18. The van der Waals surface area contributed by atoms with E-state index in [0.717, 1.165) is 23.5 Å². The lowest BCUT2D eigenvalue weighted by molar-refractivity contribution is -0.137. The van der Waals surface area contributed by atoms with Crippen LogP contribution in [0.2, 0.25) is 0 Å². The van der Waals surface area contributed by atoms with E-state index >= 15 is 0 Å². The molecule has 3 aromatic rings. The lowest BCUT2D eigenvalue weighted by Gasteiger charge is -2.12. The van der Waals surface area contributed by atoms with E-state index in [9.17, 15) is 22.8 Å². The Morgan fingerprint density at radius 1 is 1.25 bits per heavy atom. The highest BCUT2D eigenvalue weighted by Crippen LogP contribution is 2.33. The molecule has 0 fully saturated rings. The molecule has 1 aromatic carbocycles. The summed E-state index contributed by atoms with van der Waals surface area (Å²) in [6, 6.07) is 5.37. The molecule has 0 saturated carbocycles. The van der Waals surface area contributed by atoms with Crippen molar-refractivity contribution in [2.45, 2.75) is 19.1 Å². The lowest BCUT2D eigenvalue weighted by Crippen LogP contribution is -2.41. The zero-order valence-electron chi connectivity index (χ0n) is 14.4. The predicted molar refractivity (Wildman–Crippen MR) is 96.8 cm³/mol. The van der Waals surface area contributed by atoms with E-state index in [4.69, 9.17) is 4.42 Å². The first-order valence-electron chi connectivity index (χ1n) is 8.01. The third-order valence-electron chi connectivity index (χ3n) is 3.74. The molecule has 0 saturated heterocycles. The molecular weight excluding hydrogens is 395 g/mol. The SMILES string of the molecule is CC(NC(=O)c1ccoc1)C(=O)Nc1nc(-c2cccc(C(F)(F)F)c2)cs1. The summed E-state index contributed by atoms with van der Waals surface area (Å²) in [4.78, 5) is 28.3. The Labute approximate surface area is 161 Å². The van der Waals surface area contributed by atoms with E-state index in [1.54, 1.807) is 5.38 Å². The molecule has 146 valence electrons. The van der Waals surface area contributed by atoms with Crippen molar-refractivity contribution in [2.24, 2.45) is 0 Å². The second kappa shape index (κ2) is 7.85. The minimum atomic E-state index is -4.45. The molecule has 10 heteroatoms. The first-order valence-corrected chi connectivity index (χ1v) is 8.89. The number of halogens is 3. The first-order chi connectivity index (χ1) is 13.2. The van der Waals surface area contributed by atoms with E-state index in [2.05, 4.69) is 15.6 Å². The Hall–Kier alpha value is -3.14. The summed E-state index contributed by atoms with van der Waals surface area (Å²) in [5, 5.41) is 6.79. The Morgan fingerprint density at radius 2 is 2.04 bits per heavy atom. The third-order valence-corrected chi connectivity index (χ3v) is 4.50. The smallest absolute Gasteiger partial charge is 0.416 e. The molecule has 6 nitrogen and oxygen atoms in total. The van der Waals surface area contributed by atoms with Gasteiger partial charge in [0.15, 0.2) is 5.13 Å². The van der Waals surface area contributed by atoms with Gasteiger partial charge in [0.1, 0.15) is 12.3 Å². The molecule has 0 bridgehead atoms. The summed E-state index contributed by atoms with van der Waals surface area (Å²) < 4.78 is 43.3. The number of anilines is 1. The number of carbonyl (C=O) groups is 2. The number of hydrogen-bond acceptors (Lipinski definition) is 5. The number of furan rings is 1. The van der Waals surface area contributed by atoms with Crippen LogP contribution in [-0.4, -0.2) is 22.8 Å². The van der Waals surface area contributed by atoms with E-state index in [0.29, 0.717) is 5.69 Å². The molecule has 3 rings (SSSR count). The van der Waals surface area contributed by atoms with Crippen LogP contribution in [0, 0.1) is 0 Å². The van der Waals surface area contributed by atoms with Gasteiger partial charge >= 0.3 is 6.18 Å². The van der Waals surface area contributed by atoms with Crippen molar-refractivity contribution in [2.75, 3.05) is 5.32 Å². The van der Waals surface area contributed by atoms with Crippen LogP contribution >= 0.6 is 11.3 Å². The van der Waals surface area contributed by atoms with E-state index in [-0.39, 0.29) is 16.3 Å². The van der Waals surface area contributed by atoms with Crippen molar-refractivity contribution in [3.63, 3.8) is 0 Å². The number of nitrogens with zero attached hydrogens (tertiary/aromatic N) is 1. The largest absolute Gasteiger partial charge is 0.472 e. The van der Waals surface area contributed by atoms with Crippen LogP contribution in [0.5, 0.6) is 0 Å². The van der Waals surface area contributed by atoms with Gasteiger partial charge in [-0.1, -0.05) is 12.1 Å². The van der Waals surface area contributed by atoms with Gasteiger partial charge in [0.25, 0.3) is 5.91 Å².